The molecule has 0 aliphatic heterocycles. The van der Waals surface area contributed by atoms with E-state index >= 15 is 0 Å². The number of sulfonamides is 1. The molecule has 6 nitrogen and oxygen atoms in total. The second kappa shape index (κ2) is 9.02. The number of hydrogen-bond donors (Lipinski definition) is 1. The molecule has 0 bridgehead atoms. The Morgan fingerprint density at radius 1 is 1.21 bits per heavy atom. The topological polar surface area (TPSA) is 75.7 Å². The Hall–Kier alpha value is -2.30. The molecular weight excluding hydrogens is 433 g/mol. The number of anilines is 1. The number of rotatable bonds is 7. The highest BCUT2D eigenvalue weighted by Gasteiger charge is 2.34. The van der Waals surface area contributed by atoms with Gasteiger partial charge in [0, 0.05) is 6.54 Å². The molecule has 2 rings (SSSR count). The number of hydrogen-bond acceptors (Lipinski definition) is 4. The van der Waals surface area contributed by atoms with Crippen LogP contribution in [0.15, 0.2) is 47.4 Å². The van der Waals surface area contributed by atoms with Crippen molar-refractivity contribution in [2.45, 2.75) is 18.0 Å². The summed E-state index contributed by atoms with van der Waals surface area (Å²) in [5, 5.41) is 2.19. The first kappa shape index (κ1) is 23.0. The molecule has 0 atom stereocenters. The van der Waals surface area contributed by atoms with Crippen molar-refractivity contribution in [1.82, 2.24) is 4.31 Å². The molecule has 29 heavy (non-hydrogen) atoms. The number of likely N-dealkylation sites (N-methyl/N-ethyl adjacent to an activating group) is 1. The van der Waals surface area contributed by atoms with Crippen LogP contribution in [0.2, 0.25) is 5.02 Å². The number of nitrogens with one attached hydrogen (secondary N) is 1. The molecule has 0 aliphatic rings. The minimum Gasteiger partial charge on any atom is -0.495 e. The summed E-state index contributed by atoms with van der Waals surface area (Å²) in [4.78, 5) is 12.1. The van der Waals surface area contributed by atoms with E-state index in [1.165, 1.54) is 44.4 Å². The van der Waals surface area contributed by atoms with E-state index in [0.717, 1.165) is 16.4 Å². The van der Waals surface area contributed by atoms with E-state index in [9.17, 15) is 26.4 Å². The van der Waals surface area contributed by atoms with Gasteiger partial charge in [-0.05, 0) is 30.3 Å². The van der Waals surface area contributed by atoms with Gasteiger partial charge in [0.15, 0.2) is 0 Å². The number of alkyl halides is 3. The fraction of sp³-hybridized carbons (Fsp3) is 0.278. The molecule has 0 fully saturated rings. The van der Waals surface area contributed by atoms with Crippen LogP contribution in [0.3, 0.4) is 0 Å². The highest BCUT2D eigenvalue weighted by Crippen LogP contribution is 2.34. The van der Waals surface area contributed by atoms with E-state index < -0.39 is 39.9 Å². The zero-order valence-corrected chi connectivity index (χ0v) is 17.0. The predicted molar refractivity (Wildman–Crippen MR) is 103 cm³/mol. The normalized spacial score (nSPS) is 12.1. The van der Waals surface area contributed by atoms with Crippen molar-refractivity contribution in [3.05, 3.63) is 53.1 Å². The van der Waals surface area contributed by atoms with Crippen molar-refractivity contribution >= 4 is 33.2 Å². The molecular formula is C18H18ClF3N2O4S. The molecule has 0 aromatic heterocycles. The van der Waals surface area contributed by atoms with Crippen LogP contribution in [0.1, 0.15) is 12.5 Å². The van der Waals surface area contributed by atoms with E-state index in [4.69, 9.17) is 16.3 Å². The first-order valence-corrected chi connectivity index (χ1v) is 10.1. The second-order valence-corrected chi connectivity index (χ2v) is 8.16. The van der Waals surface area contributed by atoms with Crippen LogP contribution < -0.4 is 10.1 Å². The summed E-state index contributed by atoms with van der Waals surface area (Å²) in [5.41, 5.74) is -1.48. The van der Waals surface area contributed by atoms with Crippen molar-refractivity contribution < 1.29 is 31.1 Å². The number of carbonyl (C=O) groups excluding carboxylic acids is 1. The molecule has 0 aliphatic carbocycles. The number of halogens is 4. The predicted octanol–water partition coefficient (Wildman–Crippen LogP) is 4.02. The van der Waals surface area contributed by atoms with E-state index in [2.05, 4.69) is 5.32 Å². The van der Waals surface area contributed by atoms with E-state index in [1.807, 2.05) is 0 Å². The SMILES string of the molecule is CCN(CC(=O)Nc1ccccc1C(F)(F)F)S(=O)(=O)c1ccc(OC)c(Cl)c1. The maximum absolute atomic E-state index is 13.1. The van der Waals surface area contributed by atoms with Gasteiger partial charge in [0.05, 0.1) is 34.8 Å². The molecule has 0 unspecified atom stereocenters. The highest BCUT2D eigenvalue weighted by atomic mass is 35.5. The molecule has 2 aromatic rings. The molecule has 0 saturated carbocycles. The Labute approximate surface area is 171 Å². The minimum atomic E-state index is -4.67. The number of nitrogens with zero attached hydrogens (tertiary/aromatic N) is 1. The summed E-state index contributed by atoms with van der Waals surface area (Å²) in [6.45, 7) is 0.745. The highest BCUT2D eigenvalue weighted by molar-refractivity contribution is 7.89. The third kappa shape index (κ3) is 5.40. The number of ether oxygens (including phenoxy) is 1. The van der Waals surface area contributed by atoms with Crippen LogP contribution in [0.4, 0.5) is 18.9 Å². The lowest BCUT2D eigenvalue weighted by atomic mass is 10.1. The molecule has 158 valence electrons. The van der Waals surface area contributed by atoms with Crippen molar-refractivity contribution in [3.63, 3.8) is 0 Å². The monoisotopic (exact) mass is 450 g/mol. The van der Waals surface area contributed by atoms with Gasteiger partial charge in [-0.2, -0.15) is 17.5 Å². The summed E-state index contributed by atoms with van der Waals surface area (Å²) in [5.74, 6) is -0.637. The Morgan fingerprint density at radius 3 is 2.41 bits per heavy atom. The molecule has 11 heteroatoms. The molecule has 1 amide bonds. The van der Waals surface area contributed by atoms with Gasteiger partial charge in [-0.3, -0.25) is 4.79 Å². The Balaban J connectivity index is 2.23. The van der Waals surface area contributed by atoms with Gasteiger partial charge < -0.3 is 10.1 Å². The van der Waals surface area contributed by atoms with Crippen LogP contribution in [0, 0.1) is 0 Å². The van der Waals surface area contributed by atoms with Crippen LogP contribution >= 0.6 is 11.6 Å². The maximum atomic E-state index is 13.1. The van der Waals surface area contributed by atoms with E-state index in [0.29, 0.717) is 0 Å². The zero-order chi connectivity index (χ0) is 21.8. The molecule has 2 aromatic carbocycles. The number of carbonyl (C=O) groups is 1. The Kier molecular flexibility index (Phi) is 7.15. The van der Waals surface area contributed by atoms with Crippen molar-refractivity contribution in [3.8, 4) is 5.75 Å². The van der Waals surface area contributed by atoms with Gasteiger partial charge in [0.1, 0.15) is 5.75 Å². The smallest absolute Gasteiger partial charge is 0.418 e. The average molecular weight is 451 g/mol. The second-order valence-electron chi connectivity index (χ2n) is 5.82. The summed E-state index contributed by atoms with van der Waals surface area (Å²) in [6, 6.07) is 8.24. The third-order valence-electron chi connectivity index (χ3n) is 3.94. The lowest BCUT2D eigenvalue weighted by Gasteiger charge is -2.21. The lowest BCUT2D eigenvalue weighted by molar-refractivity contribution is -0.137. The third-order valence-corrected chi connectivity index (χ3v) is 6.15. The van der Waals surface area contributed by atoms with Crippen LogP contribution in [-0.2, 0) is 21.0 Å². The van der Waals surface area contributed by atoms with Gasteiger partial charge in [0.2, 0.25) is 15.9 Å². The Bertz CT molecular complexity index is 997. The number of methoxy groups -OCH3 is 1. The fourth-order valence-electron chi connectivity index (χ4n) is 2.51. The molecule has 0 heterocycles. The fourth-order valence-corrected chi connectivity index (χ4v) is 4.27. The molecule has 0 spiro atoms. The van der Waals surface area contributed by atoms with Crippen molar-refractivity contribution in [2.24, 2.45) is 0 Å². The van der Waals surface area contributed by atoms with E-state index in [-0.39, 0.29) is 22.2 Å². The quantitative estimate of drug-likeness (QED) is 0.691. The van der Waals surface area contributed by atoms with Gasteiger partial charge in [-0.25, -0.2) is 8.42 Å². The standard InChI is InChI=1S/C18H18ClF3N2O4S/c1-3-24(29(26,27)12-8-9-16(28-2)14(19)10-12)11-17(25)23-15-7-5-4-6-13(15)18(20,21)22/h4-10H,3,11H2,1-2H3,(H,23,25). The number of benzene rings is 2. The van der Waals surface area contributed by atoms with Gasteiger partial charge >= 0.3 is 6.18 Å². The van der Waals surface area contributed by atoms with Crippen LogP contribution in [0.5, 0.6) is 5.75 Å². The summed E-state index contributed by atoms with van der Waals surface area (Å²) >= 11 is 5.96. The van der Waals surface area contributed by atoms with Gasteiger partial charge in [0.25, 0.3) is 0 Å². The van der Waals surface area contributed by atoms with E-state index in [1.54, 1.807) is 0 Å². The zero-order valence-electron chi connectivity index (χ0n) is 15.5. The first-order chi connectivity index (χ1) is 13.5. The minimum absolute atomic E-state index is 0.0631. The largest absolute Gasteiger partial charge is 0.495 e. The Morgan fingerprint density at radius 2 is 1.86 bits per heavy atom. The number of amides is 1. The lowest BCUT2D eigenvalue weighted by Crippen LogP contribution is -2.38. The molecule has 0 saturated heterocycles. The van der Waals surface area contributed by atoms with Gasteiger partial charge in [-0.15, -0.1) is 0 Å². The summed E-state index contributed by atoms with van der Waals surface area (Å²) in [7, 11) is -2.74. The number of para-hydroxylation sites is 1. The average Bonchev–Trinajstić information content (AvgIpc) is 2.65. The summed E-state index contributed by atoms with van der Waals surface area (Å²) < 4.78 is 70.6. The first-order valence-electron chi connectivity index (χ1n) is 8.30. The molecule has 1 N–H and O–H groups in total. The summed E-state index contributed by atoms with van der Waals surface area (Å²) in [6.07, 6.45) is -4.67. The van der Waals surface area contributed by atoms with Gasteiger partial charge in [-0.1, -0.05) is 30.7 Å². The van der Waals surface area contributed by atoms with Crippen LogP contribution in [-0.4, -0.2) is 38.8 Å². The van der Waals surface area contributed by atoms with Crippen molar-refractivity contribution in [2.75, 3.05) is 25.5 Å². The molecule has 0 radical (unpaired) electrons. The van der Waals surface area contributed by atoms with Crippen LogP contribution in [0.25, 0.3) is 0 Å². The van der Waals surface area contributed by atoms with Crippen molar-refractivity contribution in [1.29, 1.82) is 0 Å². The maximum Gasteiger partial charge on any atom is 0.418 e.